The van der Waals surface area contributed by atoms with E-state index in [0.717, 1.165) is 52.0 Å². The predicted molar refractivity (Wildman–Crippen MR) is 150 cm³/mol. The van der Waals surface area contributed by atoms with Crippen molar-refractivity contribution in [2.75, 3.05) is 24.6 Å². The smallest absolute Gasteiger partial charge is 0.225 e. The van der Waals surface area contributed by atoms with Crippen LogP contribution in [-0.2, 0) is 5.54 Å². The lowest BCUT2D eigenvalue weighted by atomic mass is 9.87. The van der Waals surface area contributed by atoms with Gasteiger partial charge in [0.2, 0.25) is 5.95 Å². The molecule has 5 aromatic rings. The lowest BCUT2D eigenvalue weighted by Crippen LogP contribution is -2.35. The van der Waals surface area contributed by atoms with Crippen LogP contribution in [0.1, 0.15) is 43.1 Å². The first kappa shape index (κ1) is 25.8. The summed E-state index contributed by atoms with van der Waals surface area (Å²) in [5.41, 5.74) is 12.2. The molecule has 11 heteroatoms. The van der Waals surface area contributed by atoms with E-state index in [4.69, 9.17) is 5.73 Å². The first-order valence-electron chi connectivity index (χ1n) is 13.1. The summed E-state index contributed by atoms with van der Waals surface area (Å²) < 4.78 is 17.0. The Balaban J connectivity index is 1.20. The molecular formula is C29H30FN9O. The number of fused-ring (bicyclic) bond motifs is 1. The van der Waals surface area contributed by atoms with Crippen LogP contribution in [0.5, 0.6) is 0 Å². The molecule has 0 saturated carbocycles. The monoisotopic (exact) mass is 539 g/mol. The van der Waals surface area contributed by atoms with Gasteiger partial charge in [-0.15, -0.1) is 0 Å². The first-order valence-corrected chi connectivity index (χ1v) is 13.1. The van der Waals surface area contributed by atoms with Crippen LogP contribution >= 0.6 is 0 Å². The average Bonchev–Trinajstić information content (AvgIpc) is 3.65. The summed E-state index contributed by atoms with van der Waals surface area (Å²) in [5, 5.41) is 18.2. The van der Waals surface area contributed by atoms with Gasteiger partial charge in [-0.05, 0) is 49.6 Å². The molecule has 0 bridgehead atoms. The Morgan fingerprint density at radius 1 is 1.02 bits per heavy atom. The highest BCUT2D eigenvalue weighted by atomic mass is 19.1. The number of aromatic nitrogens is 7. The maximum atomic E-state index is 13.4. The van der Waals surface area contributed by atoms with Crippen LogP contribution in [0, 0.1) is 5.82 Å². The van der Waals surface area contributed by atoms with E-state index in [0.29, 0.717) is 12.5 Å². The Hall–Kier alpha value is -4.48. The average molecular weight is 540 g/mol. The molecule has 6 rings (SSSR count). The molecule has 0 amide bonds. The summed E-state index contributed by atoms with van der Waals surface area (Å²) in [6.45, 7) is 5.18. The van der Waals surface area contributed by atoms with Gasteiger partial charge in [-0.1, -0.05) is 18.2 Å². The fraction of sp³-hybridized carbons (Fsp3) is 0.276. The number of nitrogens with zero attached hydrogens (tertiary/aromatic N) is 8. The van der Waals surface area contributed by atoms with Crippen LogP contribution in [0.15, 0.2) is 73.7 Å². The second-order valence-corrected chi connectivity index (χ2v) is 10.3. The van der Waals surface area contributed by atoms with Crippen LogP contribution in [0.2, 0.25) is 0 Å². The maximum absolute atomic E-state index is 13.4. The van der Waals surface area contributed by atoms with Crippen molar-refractivity contribution in [3.8, 4) is 11.1 Å². The highest BCUT2D eigenvalue weighted by Crippen LogP contribution is 2.30. The zero-order valence-corrected chi connectivity index (χ0v) is 22.3. The van der Waals surface area contributed by atoms with E-state index >= 15 is 0 Å². The highest BCUT2D eigenvalue weighted by molar-refractivity contribution is 5.80. The minimum absolute atomic E-state index is 0.0250. The molecule has 4 aromatic heterocycles. The van der Waals surface area contributed by atoms with E-state index in [1.165, 1.54) is 12.1 Å². The molecule has 40 heavy (non-hydrogen) atoms. The molecule has 0 radical (unpaired) electrons. The number of hydrogen-bond donors (Lipinski definition) is 2. The first-order chi connectivity index (χ1) is 19.3. The quantitative estimate of drug-likeness (QED) is 0.322. The van der Waals surface area contributed by atoms with Gasteiger partial charge in [0.25, 0.3) is 0 Å². The molecule has 3 N–H and O–H groups in total. The van der Waals surface area contributed by atoms with Gasteiger partial charge in [0, 0.05) is 54.6 Å². The van der Waals surface area contributed by atoms with Crippen molar-refractivity contribution in [2.45, 2.75) is 31.8 Å². The molecule has 1 aromatic carbocycles. The van der Waals surface area contributed by atoms with E-state index < -0.39 is 5.54 Å². The molecule has 0 aliphatic carbocycles. The summed E-state index contributed by atoms with van der Waals surface area (Å²) in [5.74, 6) is 0.325. The van der Waals surface area contributed by atoms with Gasteiger partial charge >= 0.3 is 0 Å². The Kier molecular flexibility index (Phi) is 6.60. The standard InChI is InChI=1S/C29H30FN9O/c1-19(17-40)38-16-22(12-35-38)21-11-26-27(34-18-36-39(26)15-21)20-7-9-37(10-8-20)28-32-13-24(14-33-28)29(2,31)23-3-5-25(30)6-4-23/h3-7,11-16,18-19,40H,8-10,17,31H2,1-2H3/t19-,29?/m1/s1. The van der Waals surface area contributed by atoms with Crippen molar-refractivity contribution in [3.05, 3.63) is 96.4 Å². The van der Waals surface area contributed by atoms with Crippen molar-refractivity contribution in [1.82, 2.24) is 34.3 Å². The van der Waals surface area contributed by atoms with Crippen molar-refractivity contribution in [2.24, 2.45) is 5.73 Å². The van der Waals surface area contributed by atoms with Gasteiger partial charge in [-0.2, -0.15) is 10.2 Å². The zero-order valence-electron chi connectivity index (χ0n) is 22.3. The van der Waals surface area contributed by atoms with Crippen LogP contribution in [0.25, 0.3) is 22.2 Å². The second kappa shape index (κ2) is 10.2. The molecule has 2 atom stereocenters. The Labute approximate surface area is 230 Å². The number of nitrogens with two attached hydrogens (primary N) is 1. The Bertz CT molecular complexity index is 1670. The fourth-order valence-electron chi connectivity index (χ4n) is 4.93. The second-order valence-electron chi connectivity index (χ2n) is 10.3. The van der Waals surface area contributed by atoms with Gasteiger partial charge in [0.1, 0.15) is 12.1 Å². The van der Waals surface area contributed by atoms with Crippen LogP contribution in [0.4, 0.5) is 10.3 Å². The third kappa shape index (κ3) is 4.74. The van der Waals surface area contributed by atoms with E-state index in [2.05, 4.69) is 42.2 Å². The maximum Gasteiger partial charge on any atom is 0.225 e. The highest BCUT2D eigenvalue weighted by Gasteiger charge is 2.26. The van der Waals surface area contributed by atoms with Crippen molar-refractivity contribution >= 4 is 17.0 Å². The van der Waals surface area contributed by atoms with E-state index in [9.17, 15) is 9.50 Å². The van der Waals surface area contributed by atoms with Crippen LogP contribution in [0.3, 0.4) is 0 Å². The van der Waals surface area contributed by atoms with E-state index in [1.54, 1.807) is 41.7 Å². The predicted octanol–water partition coefficient (Wildman–Crippen LogP) is 3.59. The molecule has 1 aliphatic heterocycles. The number of benzene rings is 1. The SMILES string of the molecule is C[C@H](CO)n1cc(-c2cc3c(C4=CCN(c5ncc(C(C)(N)c6ccc(F)cc6)cn5)CC4)ncnn3c2)cn1. The molecule has 0 saturated heterocycles. The van der Waals surface area contributed by atoms with Crippen molar-refractivity contribution in [3.63, 3.8) is 0 Å². The third-order valence-corrected chi connectivity index (χ3v) is 7.53. The topological polar surface area (TPSA) is 123 Å². The molecule has 204 valence electrons. The van der Waals surface area contributed by atoms with Gasteiger partial charge in [-0.25, -0.2) is 23.9 Å². The number of halogens is 1. The largest absolute Gasteiger partial charge is 0.394 e. The number of anilines is 1. The molecular weight excluding hydrogens is 509 g/mol. The molecule has 10 nitrogen and oxygen atoms in total. The van der Waals surface area contributed by atoms with Crippen LogP contribution < -0.4 is 10.6 Å². The van der Waals surface area contributed by atoms with Crippen molar-refractivity contribution in [1.29, 1.82) is 0 Å². The van der Waals surface area contributed by atoms with Crippen molar-refractivity contribution < 1.29 is 9.50 Å². The number of aliphatic hydroxyl groups excluding tert-OH is 1. The Morgan fingerprint density at radius 3 is 2.50 bits per heavy atom. The van der Waals surface area contributed by atoms with Gasteiger partial charge in [-0.3, -0.25) is 4.68 Å². The normalized spacial score (nSPS) is 16.1. The minimum atomic E-state index is -0.842. The minimum Gasteiger partial charge on any atom is -0.394 e. The summed E-state index contributed by atoms with van der Waals surface area (Å²) in [6.07, 6.45) is 13.7. The molecule has 1 aliphatic rings. The molecule has 5 heterocycles. The summed E-state index contributed by atoms with van der Waals surface area (Å²) >= 11 is 0. The molecule has 1 unspecified atom stereocenters. The van der Waals surface area contributed by atoms with Gasteiger partial charge < -0.3 is 15.7 Å². The summed E-state index contributed by atoms with van der Waals surface area (Å²) in [4.78, 5) is 15.9. The third-order valence-electron chi connectivity index (χ3n) is 7.53. The van der Waals surface area contributed by atoms with E-state index in [-0.39, 0.29) is 18.5 Å². The van der Waals surface area contributed by atoms with E-state index in [1.807, 2.05) is 30.8 Å². The fourth-order valence-corrected chi connectivity index (χ4v) is 4.93. The molecule has 0 fully saturated rings. The summed E-state index contributed by atoms with van der Waals surface area (Å²) in [6, 6.07) is 8.15. The molecule has 0 spiro atoms. The summed E-state index contributed by atoms with van der Waals surface area (Å²) in [7, 11) is 0. The zero-order chi connectivity index (χ0) is 27.9. The lowest BCUT2D eigenvalue weighted by molar-refractivity contribution is 0.230. The number of hydrogen-bond acceptors (Lipinski definition) is 8. The number of rotatable bonds is 7. The van der Waals surface area contributed by atoms with Crippen LogP contribution in [-0.4, -0.2) is 59.1 Å². The van der Waals surface area contributed by atoms with Gasteiger partial charge in [0.15, 0.2) is 0 Å². The van der Waals surface area contributed by atoms with Gasteiger partial charge in [0.05, 0.1) is 35.6 Å². The lowest BCUT2D eigenvalue weighted by Gasteiger charge is -2.28. The number of aliphatic hydroxyl groups is 1. The Morgan fingerprint density at radius 2 is 1.80 bits per heavy atom.